The van der Waals surface area contributed by atoms with Crippen molar-refractivity contribution >= 4 is 12.0 Å². The van der Waals surface area contributed by atoms with Crippen LogP contribution in [-0.2, 0) is 4.79 Å². The second-order valence-electron chi connectivity index (χ2n) is 3.26. The summed E-state index contributed by atoms with van der Waals surface area (Å²) in [5.74, 6) is -0.0658. The van der Waals surface area contributed by atoms with Crippen molar-refractivity contribution in [2.75, 3.05) is 13.2 Å². The molecule has 0 atom stereocenters. The molecule has 18 heavy (non-hydrogen) atoms. The molecule has 1 aromatic carbocycles. The van der Waals surface area contributed by atoms with Gasteiger partial charge in [0.05, 0.1) is 6.61 Å². The van der Waals surface area contributed by atoms with E-state index in [9.17, 15) is 4.79 Å². The van der Waals surface area contributed by atoms with Crippen molar-refractivity contribution in [1.82, 2.24) is 0 Å². The van der Waals surface area contributed by atoms with Crippen LogP contribution >= 0.6 is 0 Å². The second kappa shape index (κ2) is 6.97. The van der Waals surface area contributed by atoms with Gasteiger partial charge < -0.3 is 14.6 Å². The van der Waals surface area contributed by atoms with Crippen LogP contribution in [0.4, 0.5) is 0 Å². The average molecular weight is 247 g/mol. The van der Waals surface area contributed by atoms with Crippen LogP contribution in [0.5, 0.6) is 11.5 Å². The predicted octanol–water partition coefficient (Wildman–Crippen LogP) is 2.09. The number of ether oxygens (including phenoxy) is 2. The number of carboxylic acid groups (broad SMARTS) is 1. The first-order valence-electron chi connectivity index (χ1n) is 5.35. The Bertz CT molecular complexity index is 488. The van der Waals surface area contributed by atoms with Gasteiger partial charge >= 0.3 is 5.97 Å². The highest BCUT2D eigenvalue weighted by Crippen LogP contribution is 2.28. The van der Waals surface area contributed by atoms with E-state index in [1.165, 1.54) is 6.08 Å². The monoisotopic (exact) mass is 247 g/mol. The lowest BCUT2D eigenvalue weighted by Crippen LogP contribution is -1.99. The van der Waals surface area contributed by atoms with Crippen molar-refractivity contribution in [1.29, 1.82) is 5.26 Å². The molecule has 0 amide bonds. The van der Waals surface area contributed by atoms with Crippen molar-refractivity contribution in [2.24, 2.45) is 0 Å². The van der Waals surface area contributed by atoms with Crippen molar-refractivity contribution in [2.45, 2.75) is 6.92 Å². The van der Waals surface area contributed by atoms with Gasteiger partial charge in [-0.2, -0.15) is 5.26 Å². The van der Waals surface area contributed by atoms with Gasteiger partial charge in [-0.15, -0.1) is 0 Å². The highest BCUT2D eigenvalue weighted by atomic mass is 16.5. The van der Waals surface area contributed by atoms with Crippen molar-refractivity contribution in [3.05, 3.63) is 29.8 Å². The summed E-state index contributed by atoms with van der Waals surface area (Å²) in [5, 5.41) is 17.0. The highest BCUT2D eigenvalue weighted by molar-refractivity contribution is 5.85. The highest BCUT2D eigenvalue weighted by Gasteiger charge is 2.05. The van der Waals surface area contributed by atoms with E-state index in [4.69, 9.17) is 19.8 Å². The third kappa shape index (κ3) is 4.18. The maximum absolute atomic E-state index is 10.4. The van der Waals surface area contributed by atoms with Crippen LogP contribution in [0, 0.1) is 11.3 Å². The molecule has 1 N–H and O–H groups in total. The zero-order valence-electron chi connectivity index (χ0n) is 9.92. The number of carboxylic acids is 1. The topological polar surface area (TPSA) is 79.6 Å². The number of nitrogens with zero attached hydrogens (tertiary/aromatic N) is 1. The molecule has 0 heterocycles. The number of rotatable bonds is 6. The molecule has 0 aliphatic rings. The van der Waals surface area contributed by atoms with Gasteiger partial charge in [-0.25, -0.2) is 4.79 Å². The second-order valence-corrected chi connectivity index (χ2v) is 3.26. The quantitative estimate of drug-likeness (QED) is 0.778. The van der Waals surface area contributed by atoms with Gasteiger partial charge in [-0.3, -0.25) is 0 Å². The third-order valence-electron chi connectivity index (χ3n) is 1.98. The first-order chi connectivity index (χ1) is 8.67. The van der Waals surface area contributed by atoms with E-state index in [1.54, 1.807) is 18.2 Å². The molecule has 0 aromatic heterocycles. The number of hydrogen-bond donors (Lipinski definition) is 1. The molecule has 5 nitrogen and oxygen atoms in total. The lowest BCUT2D eigenvalue weighted by atomic mass is 10.2. The smallest absolute Gasteiger partial charge is 0.328 e. The van der Waals surface area contributed by atoms with Crippen LogP contribution in [0.3, 0.4) is 0 Å². The molecule has 5 heteroatoms. The van der Waals surface area contributed by atoms with Crippen LogP contribution in [0.2, 0.25) is 0 Å². The van der Waals surface area contributed by atoms with Crippen LogP contribution in [0.1, 0.15) is 12.5 Å². The number of carbonyl (C=O) groups is 1. The zero-order chi connectivity index (χ0) is 13.4. The summed E-state index contributed by atoms with van der Waals surface area (Å²) < 4.78 is 10.6. The fraction of sp³-hybridized carbons (Fsp3) is 0.231. The minimum atomic E-state index is -1.02. The van der Waals surface area contributed by atoms with Gasteiger partial charge in [0.15, 0.2) is 18.1 Å². The Morgan fingerprint density at radius 2 is 2.22 bits per heavy atom. The molecule has 0 saturated heterocycles. The summed E-state index contributed by atoms with van der Waals surface area (Å²) >= 11 is 0. The number of benzene rings is 1. The summed E-state index contributed by atoms with van der Waals surface area (Å²) in [6.07, 6.45) is 2.50. The Morgan fingerprint density at radius 3 is 2.83 bits per heavy atom. The van der Waals surface area contributed by atoms with E-state index in [-0.39, 0.29) is 6.61 Å². The molecule has 0 unspecified atom stereocenters. The first-order valence-corrected chi connectivity index (χ1v) is 5.35. The molecule has 1 aromatic rings. The summed E-state index contributed by atoms with van der Waals surface area (Å²) in [7, 11) is 0. The minimum absolute atomic E-state index is 0.0651. The Balaban J connectivity index is 2.95. The number of nitriles is 1. The lowest BCUT2D eigenvalue weighted by molar-refractivity contribution is -0.131. The van der Waals surface area contributed by atoms with Gasteiger partial charge in [-0.1, -0.05) is 6.07 Å². The van der Waals surface area contributed by atoms with E-state index in [2.05, 4.69) is 0 Å². The molecular weight excluding hydrogens is 234 g/mol. The molecule has 0 aliphatic carbocycles. The Labute approximate surface area is 105 Å². The van der Waals surface area contributed by atoms with Gasteiger partial charge in [-0.05, 0) is 30.7 Å². The summed E-state index contributed by atoms with van der Waals surface area (Å²) in [5.41, 5.74) is 0.685. The van der Waals surface area contributed by atoms with E-state index < -0.39 is 5.97 Å². The number of aliphatic carboxylic acids is 1. The Morgan fingerprint density at radius 1 is 1.44 bits per heavy atom. The molecule has 0 aliphatic heterocycles. The molecular formula is C13H13NO4. The molecule has 0 bridgehead atoms. The van der Waals surface area contributed by atoms with E-state index >= 15 is 0 Å². The van der Waals surface area contributed by atoms with Crippen molar-refractivity contribution in [3.8, 4) is 17.6 Å². The zero-order valence-corrected chi connectivity index (χ0v) is 9.92. The average Bonchev–Trinajstić information content (AvgIpc) is 2.35. The molecule has 0 fully saturated rings. The fourth-order valence-corrected chi connectivity index (χ4v) is 1.29. The minimum Gasteiger partial charge on any atom is -0.490 e. The number of hydrogen-bond acceptors (Lipinski definition) is 4. The molecule has 1 rings (SSSR count). The Hall–Kier alpha value is -2.48. The van der Waals surface area contributed by atoms with Crippen LogP contribution in [0.25, 0.3) is 6.08 Å². The SMILES string of the molecule is CCOc1cc(/C=C/C(=O)O)ccc1OCC#N. The predicted molar refractivity (Wildman–Crippen MR) is 65.4 cm³/mol. The van der Waals surface area contributed by atoms with Gasteiger partial charge in [0.2, 0.25) is 0 Å². The molecule has 0 radical (unpaired) electrons. The third-order valence-corrected chi connectivity index (χ3v) is 1.98. The maximum Gasteiger partial charge on any atom is 0.328 e. The van der Waals surface area contributed by atoms with Gasteiger partial charge in [0.1, 0.15) is 6.07 Å². The standard InChI is InChI=1S/C13H13NO4/c1-2-17-12-9-10(4-6-13(15)16)3-5-11(12)18-8-7-14/h3-6,9H,2,8H2,1H3,(H,15,16)/b6-4+. The Kier molecular flexibility index (Phi) is 5.26. The van der Waals surface area contributed by atoms with Gasteiger partial charge in [0, 0.05) is 6.08 Å². The maximum atomic E-state index is 10.4. The molecule has 0 saturated carbocycles. The van der Waals surface area contributed by atoms with E-state index in [0.29, 0.717) is 23.7 Å². The van der Waals surface area contributed by atoms with Crippen molar-refractivity contribution < 1.29 is 19.4 Å². The lowest BCUT2D eigenvalue weighted by Gasteiger charge is -2.10. The summed E-state index contributed by atoms with van der Waals surface area (Å²) in [6, 6.07) is 6.86. The fourth-order valence-electron chi connectivity index (χ4n) is 1.29. The van der Waals surface area contributed by atoms with Gasteiger partial charge in [0.25, 0.3) is 0 Å². The molecule has 94 valence electrons. The van der Waals surface area contributed by atoms with Crippen LogP contribution in [-0.4, -0.2) is 24.3 Å². The summed E-state index contributed by atoms with van der Waals surface area (Å²) in [4.78, 5) is 10.4. The van der Waals surface area contributed by atoms with Crippen LogP contribution < -0.4 is 9.47 Å². The summed E-state index contributed by atoms with van der Waals surface area (Å²) in [6.45, 7) is 2.22. The molecule has 0 spiro atoms. The van der Waals surface area contributed by atoms with E-state index in [0.717, 1.165) is 6.08 Å². The largest absolute Gasteiger partial charge is 0.490 e. The van der Waals surface area contributed by atoms with Crippen LogP contribution in [0.15, 0.2) is 24.3 Å². The first kappa shape index (κ1) is 13.6. The van der Waals surface area contributed by atoms with Crippen molar-refractivity contribution in [3.63, 3.8) is 0 Å². The normalized spacial score (nSPS) is 10.0. The van der Waals surface area contributed by atoms with E-state index in [1.807, 2.05) is 13.0 Å².